The van der Waals surface area contributed by atoms with Gasteiger partial charge in [0.25, 0.3) is 0 Å². The number of fused-ring (bicyclic) bond motifs is 1. The van der Waals surface area contributed by atoms with Gasteiger partial charge in [-0.2, -0.15) is 0 Å². The SMILES string of the molecule is Brc1ccc2c(c1)C(Br)COCC2. The molecule has 0 spiro atoms. The molecule has 1 nitrogen and oxygen atoms in total. The molecule has 0 aliphatic carbocycles. The summed E-state index contributed by atoms with van der Waals surface area (Å²) < 4.78 is 6.60. The number of ether oxygens (including phenoxy) is 1. The molecule has 0 N–H and O–H groups in total. The van der Waals surface area contributed by atoms with Crippen LogP contribution in [0.25, 0.3) is 0 Å². The van der Waals surface area contributed by atoms with Gasteiger partial charge in [-0.3, -0.25) is 0 Å². The van der Waals surface area contributed by atoms with Gasteiger partial charge < -0.3 is 4.74 Å². The Morgan fingerprint density at radius 2 is 2.23 bits per heavy atom. The largest absolute Gasteiger partial charge is 0.380 e. The van der Waals surface area contributed by atoms with Crippen LogP contribution in [0, 0.1) is 0 Å². The monoisotopic (exact) mass is 304 g/mol. The van der Waals surface area contributed by atoms with Crippen molar-refractivity contribution >= 4 is 31.9 Å². The Labute approximate surface area is 94.7 Å². The highest BCUT2D eigenvalue weighted by Crippen LogP contribution is 2.31. The van der Waals surface area contributed by atoms with Crippen LogP contribution in [0.15, 0.2) is 22.7 Å². The highest BCUT2D eigenvalue weighted by atomic mass is 79.9. The first kappa shape index (κ1) is 9.69. The summed E-state index contributed by atoms with van der Waals surface area (Å²) >= 11 is 7.11. The maximum atomic E-state index is 5.47. The molecule has 13 heavy (non-hydrogen) atoms. The Bertz CT molecular complexity index is 312. The fourth-order valence-corrected chi connectivity index (χ4v) is 2.54. The molecule has 0 fully saturated rings. The van der Waals surface area contributed by atoms with Gasteiger partial charge in [-0.1, -0.05) is 37.9 Å². The summed E-state index contributed by atoms with van der Waals surface area (Å²) in [6.45, 7) is 1.60. The molecule has 1 aromatic carbocycles. The molecule has 1 heterocycles. The summed E-state index contributed by atoms with van der Waals surface area (Å²) in [7, 11) is 0. The number of hydrogen-bond donors (Lipinski definition) is 0. The van der Waals surface area contributed by atoms with Gasteiger partial charge in [0.15, 0.2) is 0 Å². The number of rotatable bonds is 0. The molecule has 1 aliphatic heterocycles. The van der Waals surface area contributed by atoms with Gasteiger partial charge in [-0.25, -0.2) is 0 Å². The van der Waals surface area contributed by atoms with Gasteiger partial charge in [-0.05, 0) is 29.7 Å². The molecule has 0 saturated heterocycles. The maximum Gasteiger partial charge on any atom is 0.0632 e. The van der Waals surface area contributed by atoms with Crippen LogP contribution in [0.4, 0.5) is 0 Å². The predicted octanol–water partition coefficient (Wildman–Crippen LogP) is 3.46. The summed E-state index contributed by atoms with van der Waals surface area (Å²) in [5.41, 5.74) is 2.74. The van der Waals surface area contributed by atoms with Crippen LogP contribution in [-0.4, -0.2) is 13.2 Å². The third kappa shape index (κ3) is 2.14. The van der Waals surface area contributed by atoms with E-state index in [0.717, 1.165) is 24.1 Å². The molecule has 0 radical (unpaired) electrons. The molecule has 1 atom stereocenters. The van der Waals surface area contributed by atoms with Crippen LogP contribution >= 0.6 is 31.9 Å². The zero-order valence-corrected chi connectivity index (χ0v) is 10.3. The normalized spacial score (nSPS) is 22.2. The van der Waals surface area contributed by atoms with E-state index >= 15 is 0 Å². The van der Waals surface area contributed by atoms with E-state index in [1.807, 2.05) is 0 Å². The second-order valence-electron chi connectivity index (χ2n) is 3.14. The first-order chi connectivity index (χ1) is 6.27. The van der Waals surface area contributed by atoms with E-state index in [4.69, 9.17) is 4.74 Å². The number of halogens is 2. The third-order valence-electron chi connectivity index (χ3n) is 2.23. The average molecular weight is 306 g/mol. The molecule has 0 saturated carbocycles. The van der Waals surface area contributed by atoms with Crippen molar-refractivity contribution < 1.29 is 4.74 Å². The Morgan fingerprint density at radius 1 is 1.38 bits per heavy atom. The van der Waals surface area contributed by atoms with Gasteiger partial charge in [-0.15, -0.1) is 0 Å². The highest BCUT2D eigenvalue weighted by Gasteiger charge is 2.16. The minimum absolute atomic E-state index is 0.336. The molecule has 3 heteroatoms. The predicted molar refractivity (Wildman–Crippen MR) is 60.3 cm³/mol. The Hall–Kier alpha value is 0.140. The van der Waals surface area contributed by atoms with Crippen molar-refractivity contribution in [3.05, 3.63) is 33.8 Å². The van der Waals surface area contributed by atoms with Crippen LogP contribution < -0.4 is 0 Å². The fraction of sp³-hybridized carbons (Fsp3) is 0.400. The topological polar surface area (TPSA) is 9.23 Å². The van der Waals surface area contributed by atoms with Crippen LogP contribution in [0.5, 0.6) is 0 Å². The summed E-state index contributed by atoms with van der Waals surface area (Å²) in [5, 5.41) is 0. The molecule has 1 aliphatic rings. The summed E-state index contributed by atoms with van der Waals surface area (Å²) in [5.74, 6) is 0. The van der Waals surface area contributed by atoms with E-state index in [2.05, 4.69) is 50.1 Å². The van der Waals surface area contributed by atoms with Gasteiger partial charge in [0, 0.05) is 4.47 Å². The van der Waals surface area contributed by atoms with Crippen molar-refractivity contribution in [3.63, 3.8) is 0 Å². The lowest BCUT2D eigenvalue weighted by Gasteiger charge is -2.09. The average Bonchev–Trinajstić information content (AvgIpc) is 2.29. The van der Waals surface area contributed by atoms with Crippen molar-refractivity contribution in [2.75, 3.05) is 13.2 Å². The van der Waals surface area contributed by atoms with E-state index in [-0.39, 0.29) is 0 Å². The zero-order chi connectivity index (χ0) is 9.26. The molecular weight excluding hydrogens is 296 g/mol. The van der Waals surface area contributed by atoms with E-state index < -0.39 is 0 Å². The summed E-state index contributed by atoms with van der Waals surface area (Å²) in [6.07, 6.45) is 1.02. The van der Waals surface area contributed by atoms with Crippen LogP contribution in [0.1, 0.15) is 16.0 Å². The van der Waals surface area contributed by atoms with Gasteiger partial charge in [0.1, 0.15) is 0 Å². The van der Waals surface area contributed by atoms with E-state index in [0.29, 0.717) is 4.83 Å². The summed E-state index contributed by atoms with van der Waals surface area (Å²) in [4.78, 5) is 0.336. The summed E-state index contributed by atoms with van der Waals surface area (Å²) in [6, 6.07) is 6.43. The fourth-order valence-electron chi connectivity index (χ4n) is 1.54. The first-order valence-electron chi connectivity index (χ1n) is 4.27. The molecule has 2 rings (SSSR count). The van der Waals surface area contributed by atoms with Crippen molar-refractivity contribution in [2.24, 2.45) is 0 Å². The quantitative estimate of drug-likeness (QED) is 0.667. The number of alkyl halides is 1. The van der Waals surface area contributed by atoms with E-state index in [1.54, 1.807) is 0 Å². The van der Waals surface area contributed by atoms with E-state index in [1.165, 1.54) is 11.1 Å². The smallest absolute Gasteiger partial charge is 0.0632 e. The minimum atomic E-state index is 0.336. The highest BCUT2D eigenvalue weighted by molar-refractivity contribution is 9.10. The minimum Gasteiger partial charge on any atom is -0.380 e. The molecular formula is C10H10Br2O. The lowest BCUT2D eigenvalue weighted by atomic mass is 10.0. The lowest BCUT2D eigenvalue weighted by Crippen LogP contribution is -1.98. The van der Waals surface area contributed by atoms with Crippen LogP contribution in [-0.2, 0) is 11.2 Å². The standard InChI is InChI=1S/C10H10Br2O/c11-8-2-1-7-3-4-13-6-10(12)9(7)5-8/h1-2,5,10H,3-4,6H2. The molecule has 0 bridgehead atoms. The van der Waals surface area contributed by atoms with Gasteiger partial charge in [0.05, 0.1) is 18.0 Å². The molecule has 0 aromatic heterocycles. The second kappa shape index (κ2) is 4.11. The van der Waals surface area contributed by atoms with Gasteiger partial charge in [0.2, 0.25) is 0 Å². The number of hydrogen-bond acceptors (Lipinski definition) is 1. The van der Waals surface area contributed by atoms with E-state index in [9.17, 15) is 0 Å². The van der Waals surface area contributed by atoms with Gasteiger partial charge >= 0.3 is 0 Å². The van der Waals surface area contributed by atoms with Crippen molar-refractivity contribution in [1.82, 2.24) is 0 Å². The first-order valence-corrected chi connectivity index (χ1v) is 5.98. The van der Waals surface area contributed by atoms with Crippen LogP contribution in [0.3, 0.4) is 0 Å². The Morgan fingerprint density at radius 3 is 3.08 bits per heavy atom. The zero-order valence-electron chi connectivity index (χ0n) is 7.09. The third-order valence-corrected chi connectivity index (χ3v) is 3.48. The number of benzene rings is 1. The molecule has 1 unspecified atom stereocenters. The van der Waals surface area contributed by atoms with Crippen molar-refractivity contribution in [1.29, 1.82) is 0 Å². The lowest BCUT2D eigenvalue weighted by molar-refractivity contribution is 0.146. The molecule has 0 amide bonds. The van der Waals surface area contributed by atoms with Crippen molar-refractivity contribution in [2.45, 2.75) is 11.2 Å². The Balaban J connectivity index is 2.43. The maximum absolute atomic E-state index is 5.47. The van der Waals surface area contributed by atoms with Crippen molar-refractivity contribution in [3.8, 4) is 0 Å². The second-order valence-corrected chi connectivity index (χ2v) is 5.16. The molecule has 1 aromatic rings. The Kier molecular flexibility index (Phi) is 3.06. The van der Waals surface area contributed by atoms with Crippen LogP contribution in [0.2, 0.25) is 0 Å². The molecule has 70 valence electrons.